The van der Waals surface area contributed by atoms with Gasteiger partial charge in [0.05, 0.1) is 12.8 Å². The highest BCUT2D eigenvalue weighted by Crippen LogP contribution is 2.30. The maximum absolute atomic E-state index is 13.3. The first-order chi connectivity index (χ1) is 16.1. The van der Waals surface area contributed by atoms with Crippen LogP contribution in [0.5, 0.6) is 17.4 Å². The van der Waals surface area contributed by atoms with E-state index >= 15 is 0 Å². The molecule has 1 aromatic heterocycles. The number of nitrogens with one attached hydrogen (secondary N) is 2. The van der Waals surface area contributed by atoms with Crippen LogP contribution in [0.3, 0.4) is 0 Å². The third-order valence-corrected chi connectivity index (χ3v) is 5.45. The van der Waals surface area contributed by atoms with Crippen molar-refractivity contribution in [2.24, 2.45) is 4.99 Å². The molecular formula is C25H28FN5O2. The van der Waals surface area contributed by atoms with E-state index in [-0.39, 0.29) is 11.9 Å². The minimum atomic E-state index is -0.347. The van der Waals surface area contributed by atoms with Gasteiger partial charge in [0.1, 0.15) is 17.3 Å². The summed E-state index contributed by atoms with van der Waals surface area (Å²) in [6, 6.07) is 18.0. The van der Waals surface area contributed by atoms with Gasteiger partial charge in [-0.1, -0.05) is 24.3 Å². The molecular weight excluding hydrogens is 421 g/mol. The summed E-state index contributed by atoms with van der Waals surface area (Å²) in [7, 11) is 3.46. The van der Waals surface area contributed by atoms with E-state index in [2.05, 4.69) is 31.6 Å². The van der Waals surface area contributed by atoms with Crippen molar-refractivity contribution in [1.29, 1.82) is 0 Å². The quantitative estimate of drug-likeness (QED) is 0.420. The first-order valence-electron chi connectivity index (χ1n) is 10.9. The number of ether oxygens (including phenoxy) is 2. The highest BCUT2D eigenvalue weighted by Gasteiger charge is 2.25. The molecule has 1 saturated heterocycles. The standard InChI is InChI=1S/C25H28FN5O2/c1-27-25(30-20-12-13-31(17-20)22-8-3-4-9-23(22)32-2)29-16-18-10-11-24(28-15-18)33-21-7-5-6-19(26)14-21/h3-11,14-15,20H,12-13,16-17H2,1-2H3,(H2,27,29,30). The molecule has 0 bridgehead atoms. The number of hydrogen-bond acceptors (Lipinski definition) is 5. The molecule has 2 heterocycles. The number of aliphatic imine (C=N–C) groups is 1. The van der Waals surface area contributed by atoms with Crippen LogP contribution in [0, 0.1) is 5.82 Å². The number of anilines is 1. The number of pyridine rings is 1. The lowest BCUT2D eigenvalue weighted by molar-refractivity contribution is 0.415. The molecule has 3 aromatic rings. The second-order valence-electron chi connectivity index (χ2n) is 7.74. The van der Waals surface area contributed by atoms with Gasteiger partial charge in [0.2, 0.25) is 5.88 Å². The predicted octanol–water partition coefficient (Wildman–Crippen LogP) is 3.97. The van der Waals surface area contributed by atoms with Crippen molar-refractivity contribution in [3.8, 4) is 17.4 Å². The Morgan fingerprint density at radius 2 is 2.06 bits per heavy atom. The van der Waals surface area contributed by atoms with Crippen molar-refractivity contribution < 1.29 is 13.9 Å². The first-order valence-corrected chi connectivity index (χ1v) is 10.9. The van der Waals surface area contributed by atoms with Crippen LogP contribution in [0.2, 0.25) is 0 Å². The van der Waals surface area contributed by atoms with E-state index in [9.17, 15) is 4.39 Å². The van der Waals surface area contributed by atoms with Gasteiger partial charge in [0.15, 0.2) is 5.96 Å². The summed E-state index contributed by atoms with van der Waals surface area (Å²) < 4.78 is 24.4. The van der Waals surface area contributed by atoms with Gasteiger partial charge in [-0.05, 0) is 36.2 Å². The average Bonchev–Trinajstić information content (AvgIpc) is 3.31. The second kappa shape index (κ2) is 10.7. The van der Waals surface area contributed by atoms with E-state index < -0.39 is 0 Å². The van der Waals surface area contributed by atoms with Crippen LogP contribution < -0.4 is 25.0 Å². The molecule has 0 radical (unpaired) electrons. The number of rotatable bonds is 7. The Bertz CT molecular complexity index is 1090. The molecule has 0 aliphatic carbocycles. The third-order valence-electron chi connectivity index (χ3n) is 5.45. The molecule has 8 heteroatoms. The lowest BCUT2D eigenvalue weighted by atomic mass is 10.2. The SMILES string of the molecule is CN=C(NCc1ccc(Oc2cccc(F)c2)nc1)NC1CCN(c2ccccc2OC)C1. The maximum atomic E-state index is 13.3. The van der Waals surface area contributed by atoms with Gasteiger partial charge in [-0.2, -0.15) is 0 Å². The summed E-state index contributed by atoms with van der Waals surface area (Å²) in [5.74, 6) is 2.10. The summed E-state index contributed by atoms with van der Waals surface area (Å²) in [5.41, 5.74) is 2.09. The first kappa shape index (κ1) is 22.4. The van der Waals surface area contributed by atoms with Crippen LogP contribution in [-0.4, -0.2) is 44.2 Å². The Kier molecular flexibility index (Phi) is 7.24. The smallest absolute Gasteiger partial charge is 0.219 e. The highest BCUT2D eigenvalue weighted by molar-refractivity contribution is 5.80. The molecule has 1 aliphatic rings. The van der Waals surface area contributed by atoms with E-state index in [0.717, 1.165) is 42.5 Å². The van der Waals surface area contributed by atoms with E-state index in [1.807, 2.05) is 24.3 Å². The van der Waals surface area contributed by atoms with Crippen molar-refractivity contribution in [2.75, 3.05) is 32.1 Å². The molecule has 1 aliphatic heterocycles. The Labute approximate surface area is 193 Å². The van der Waals surface area contributed by atoms with Gasteiger partial charge >= 0.3 is 0 Å². The van der Waals surface area contributed by atoms with Crippen LogP contribution in [0.15, 0.2) is 71.9 Å². The summed E-state index contributed by atoms with van der Waals surface area (Å²) in [5, 5.41) is 6.83. The highest BCUT2D eigenvalue weighted by atomic mass is 19.1. The number of halogens is 1. The zero-order chi connectivity index (χ0) is 23.0. The molecule has 0 saturated carbocycles. The molecule has 1 atom stereocenters. The molecule has 2 N–H and O–H groups in total. The fourth-order valence-electron chi connectivity index (χ4n) is 3.79. The summed E-state index contributed by atoms with van der Waals surface area (Å²) in [6.07, 6.45) is 2.74. The fraction of sp³-hybridized carbons (Fsp3) is 0.280. The van der Waals surface area contributed by atoms with Gasteiger partial charge < -0.3 is 25.0 Å². The lowest BCUT2D eigenvalue weighted by Crippen LogP contribution is -2.44. The lowest BCUT2D eigenvalue weighted by Gasteiger charge is -2.22. The van der Waals surface area contributed by atoms with E-state index in [0.29, 0.717) is 18.2 Å². The van der Waals surface area contributed by atoms with Crippen LogP contribution in [0.25, 0.3) is 0 Å². The molecule has 0 spiro atoms. The van der Waals surface area contributed by atoms with Crippen molar-refractivity contribution in [3.05, 3.63) is 78.2 Å². The van der Waals surface area contributed by atoms with Crippen molar-refractivity contribution >= 4 is 11.6 Å². The van der Waals surface area contributed by atoms with Crippen molar-refractivity contribution in [1.82, 2.24) is 15.6 Å². The van der Waals surface area contributed by atoms with Crippen LogP contribution in [-0.2, 0) is 6.54 Å². The largest absolute Gasteiger partial charge is 0.495 e. The van der Waals surface area contributed by atoms with Gasteiger partial charge in [-0.3, -0.25) is 4.99 Å². The molecule has 4 rings (SSSR count). The summed E-state index contributed by atoms with van der Waals surface area (Å²) in [6.45, 7) is 2.39. The van der Waals surface area contributed by atoms with E-state index in [4.69, 9.17) is 9.47 Å². The Balaban J connectivity index is 1.27. The molecule has 1 unspecified atom stereocenters. The van der Waals surface area contributed by atoms with E-state index in [1.54, 1.807) is 38.6 Å². The normalized spacial score (nSPS) is 15.9. The summed E-state index contributed by atoms with van der Waals surface area (Å²) >= 11 is 0. The van der Waals surface area contributed by atoms with Crippen LogP contribution >= 0.6 is 0 Å². The Hall–Kier alpha value is -3.81. The molecule has 7 nitrogen and oxygen atoms in total. The topological polar surface area (TPSA) is 71.0 Å². The van der Waals surface area contributed by atoms with Gasteiger partial charge in [-0.25, -0.2) is 9.37 Å². The molecule has 2 aromatic carbocycles. The van der Waals surface area contributed by atoms with E-state index in [1.165, 1.54) is 12.1 Å². The second-order valence-corrected chi connectivity index (χ2v) is 7.74. The Morgan fingerprint density at radius 1 is 1.18 bits per heavy atom. The van der Waals surface area contributed by atoms with Gasteiger partial charge in [-0.15, -0.1) is 0 Å². The molecule has 172 valence electrons. The van der Waals surface area contributed by atoms with Crippen molar-refractivity contribution in [2.45, 2.75) is 19.0 Å². The maximum Gasteiger partial charge on any atom is 0.219 e. The molecule has 0 amide bonds. The average molecular weight is 450 g/mol. The number of methoxy groups -OCH3 is 1. The van der Waals surface area contributed by atoms with Gasteiger partial charge in [0.25, 0.3) is 0 Å². The minimum Gasteiger partial charge on any atom is -0.495 e. The fourth-order valence-corrected chi connectivity index (χ4v) is 3.79. The zero-order valence-corrected chi connectivity index (χ0v) is 18.8. The molecule has 1 fully saturated rings. The van der Waals surface area contributed by atoms with Crippen LogP contribution in [0.1, 0.15) is 12.0 Å². The number of para-hydroxylation sites is 2. The number of benzene rings is 2. The van der Waals surface area contributed by atoms with Gasteiger partial charge in [0, 0.05) is 51.1 Å². The third kappa shape index (κ3) is 5.91. The van der Waals surface area contributed by atoms with Crippen LogP contribution in [0.4, 0.5) is 10.1 Å². The zero-order valence-electron chi connectivity index (χ0n) is 18.8. The number of guanidine groups is 1. The molecule has 33 heavy (non-hydrogen) atoms. The Morgan fingerprint density at radius 3 is 2.82 bits per heavy atom. The number of aromatic nitrogens is 1. The monoisotopic (exact) mass is 449 g/mol. The minimum absolute atomic E-state index is 0.279. The number of nitrogens with zero attached hydrogens (tertiary/aromatic N) is 3. The van der Waals surface area contributed by atoms with Crippen molar-refractivity contribution in [3.63, 3.8) is 0 Å². The predicted molar refractivity (Wildman–Crippen MR) is 128 cm³/mol. The number of hydrogen-bond donors (Lipinski definition) is 2. The summed E-state index contributed by atoms with van der Waals surface area (Å²) in [4.78, 5) is 11.0.